The van der Waals surface area contributed by atoms with E-state index in [2.05, 4.69) is 193 Å². The summed E-state index contributed by atoms with van der Waals surface area (Å²) >= 11 is 0. The highest BCUT2D eigenvalue weighted by atomic mass is 15.1. The summed E-state index contributed by atoms with van der Waals surface area (Å²) < 4.78 is 2.29. The quantitative estimate of drug-likeness (QED) is 0.142. The number of hydrogen-bond acceptors (Lipinski definition) is 1. The first kappa shape index (κ1) is 33.7. The molecule has 0 fully saturated rings. The number of hydrogen-bond donors (Lipinski definition) is 0. The summed E-state index contributed by atoms with van der Waals surface area (Å²) in [5.41, 5.74) is 17.2. The summed E-state index contributed by atoms with van der Waals surface area (Å²) in [7, 11) is 0. The lowest BCUT2D eigenvalue weighted by atomic mass is 9.68. The molecule has 0 aliphatic heterocycles. The Balaban J connectivity index is 1.18. The smallest absolute Gasteiger partial charge is 0.0698 e. The van der Waals surface area contributed by atoms with Crippen LogP contribution in [0, 0.1) is 11.8 Å². The number of unbranched alkanes of at least 4 members (excludes halogenated alkanes) is 1. The number of benzene rings is 6. The van der Waals surface area contributed by atoms with Gasteiger partial charge in [-0.05, 0) is 136 Å². The topological polar surface area (TPSA) is 8.17 Å². The lowest BCUT2D eigenvalue weighted by Crippen LogP contribution is -2.28. The van der Waals surface area contributed by atoms with Crippen molar-refractivity contribution >= 4 is 46.2 Å². The molecule has 2 heteroatoms. The van der Waals surface area contributed by atoms with Crippen molar-refractivity contribution in [3.8, 4) is 28.7 Å². The summed E-state index contributed by atoms with van der Waals surface area (Å²) in [6, 6.07) is 51.6. The van der Waals surface area contributed by atoms with E-state index in [4.69, 9.17) is 0 Å². The maximum Gasteiger partial charge on any atom is 0.0698 e. The third kappa shape index (κ3) is 4.98. The Hall–Kier alpha value is -6.82. The largest absolute Gasteiger partial charge is 0.310 e. The van der Waals surface area contributed by atoms with E-state index in [9.17, 15) is 0 Å². The Morgan fingerprint density at radius 1 is 0.732 bits per heavy atom. The molecule has 56 heavy (non-hydrogen) atoms. The van der Waals surface area contributed by atoms with Crippen molar-refractivity contribution < 1.29 is 0 Å². The van der Waals surface area contributed by atoms with Crippen LogP contribution in [-0.2, 0) is 11.8 Å². The summed E-state index contributed by atoms with van der Waals surface area (Å²) in [5, 5.41) is 3.18. The maximum absolute atomic E-state index is 4.45. The lowest BCUT2D eigenvalue weighted by molar-refractivity contribution is 0.744. The second-order valence-corrected chi connectivity index (χ2v) is 15.0. The van der Waals surface area contributed by atoms with Crippen molar-refractivity contribution in [2.24, 2.45) is 0 Å². The summed E-state index contributed by atoms with van der Waals surface area (Å²) in [5.74, 6) is 6.85. The number of fused-ring (bicyclic) bond motifs is 10. The van der Waals surface area contributed by atoms with Crippen LogP contribution in [0.2, 0.25) is 0 Å². The van der Waals surface area contributed by atoms with E-state index in [1.54, 1.807) is 0 Å². The number of anilines is 3. The zero-order valence-corrected chi connectivity index (χ0v) is 31.7. The molecule has 0 bridgehead atoms. The van der Waals surface area contributed by atoms with E-state index in [0.29, 0.717) is 0 Å². The van der Waals surface area contributed by atoms with Crippen molar-refractivity contribution in [3.05, 3.63) is 208 Å². The molecular weight excluding hydrogens is 677 g/mol. The van der Waals surface area contributed by atoms with Gasteiger partial charge >= 0.3 is 0 Å². The summed E-state index contributed by atoms with van der Waals surface area (Å²) in [4.78, 5) is 2.40. The van der Waals surface area contributed by atoms with Gasteiger partial charge < -0.3 is 9.47 Å². The molecule has 2 nitrogen and oxygen atoms in total. The zero-order chi connectivity index (χ0) is 37.8. The molecule has 1 atom stereocenters. The standard InChI is InChI=1S/C54H42N2/c1-4-6-18-38-27-33-46-44-22-11-8-12-24-48(44)54(50(46)35-38)49-25-15-13-23-45(49)47-34-32-42(36-51(47)54)55(39-19-9-7-10-20-39)40-28-30-41(31-29-40)56-52(17-5-2)37(3)43-21-14-16-26-53(43)56/h5,7,9-11,13-17,19-23,25-36H,2-4,6,18,24H2,1H3/b52-17+. The van der Waals surface area contributed by atoms with Crippen LogP contribution < -0.4 is 15.5 Å². The predicted molar refractivity (Wildman–Crippen MR) is 236 cm³/mol. The Morgan fingerprint density at radius 2 is 1.45 bits per heavy atom. The first-order valence-electron chi connectivity index (χ1n) is 19.8. The van der Waals surface area contributed by atoms with Crippen LogP contribution in [0.3, 0.4) is 0 Å². The number of rotatable bonds is 8. The van der Waals surface area contributed by atoms with E-state index in [1.165, 1.54) is 62.9 Å². The third-order valence-corrected chi connectivity index (χ3v) is 12.0. The molecule has 3 aliphatic rings. The zero-order valence-electron chi connectivity index (χ0n) is 31.7. The highest BCUT2D eigenvalue weighted by Crippen LogP contribution is 2.63. The van der Waals surface area contributed by atoms with E-state index in [1.807, 2.05) is 12.2 Å². The maximum atomic E-state index is 4.45. The van der Waals surface area contributed by atoms with E-state index < -0.39 is 5.41 Å². The van der Waals surface area contributed by atoms with Crippen molar-refractivity contribution in [2.75, 3.05) is 4.90 Å². The minimum atomic E-state index is -0.441. The molecule has 7 aromatic rings. The Labute approximate surface area is 329 Å². The van der Waals surface area contributed by atoms with Gasteiger partial charge in [-0.15, -0.1) is 0 Å². The fraction of sp³-hybridized carbons (Fsp3) is 0.111. The Bertz CT molecular complexity index is 2960. The molecule has 6 aromatic carbocycles. The van der Waals surface area contributed by atoms with Gasteiger partial charge in [0, 0.05) is 39.8 Å². The molecule has 268 valence electrons. The van der Waals surface area contributed by atoms with Crippen LogP contribution in [0.1, 0.15) is 54.0 Å². The number of nitrogens with zero attached hydrogens (tertiary/aromatic N) is 2. The van der Waals surface area contributed by atoms with Crippen molar-refractivity contribution in [1.82, 2.24) is 4.57 Å². The van der Waals surface area contributed by atoms with Gasteiger partial charge in [0.2, 0.25) is 0 Å². The van der Waals surface area contributed by atoms with Gasteiger partial charge in [-0.3, -0.25) is 0 Å². The first-order chi connectivity index (χ1) is 27.6. The molecule has 1 heterocycles. The minimum absolute atomic E-state index is 0.441. The molecule has 10 rings (SSSR count). The summed E-state index contributed by atoms with van der Waals surface area (Å²) in [6.45, 7) is 10.7. The molecule has 0 N–H and O–H groups in total. The third-order valence-electron chi connectivity index (χ3n) is 12.0. The van der Waals surface area contributed by atoms with Crippen LogP contribution in [0.25, 0.3) is 45.9 Å². The van der Waals surface area contributed by atoms with Gasteiger partial charge in [0.25, 0.3) is 0 Å². The molecule has 0 radical (unpaired) electrons. The van der Waals surface area contributed by atoms with E-state index in [-0.39, 0.29) is 0 Å². The molecular formula is C54H42N2. The molecule has 1 aromatic heterocycles. The Morgan fingerprint density at radius 3 is 2.29 bits per heavy atom. The van der Waals surface area contributed by atoms with Gasteiger partial charge in [-0.1, -0.05) is 129 Å². The van der Waals surface area contributed by atoms with Gasteiger partial charge in [0.05, 0.1) is 16.3 Å². The fourth-order valence-corrected chi connectivity index (χ4v) is 9.63. The van der Waals surface area contributed by atoms with Crippen LogP contribution in [0.5, 0.6) is 0 Å². The van der Waals surface area contributed by atoms with Crippen molar-refractivity contribution in [3.63, 3.8) is 0 Å². The molecule has 3 aliphatic carbocycles. The van der Waals surface area contributed by atoms with Crippen LogP contribution in [0.4, 0.5) is 17.1 Å². The fourth-order valence-electron chi connectivity index (χ4n) is 9.63. The predicted octanol–water partition coefficient (Wildman–Crippen LogP) is 11.9. The Kier molecular flexibility index (Phi) is 8.12. The second kappa shape index (κ2) is 13.5. The van der Waals surface area contributed by atoms with Crippen molar-refractivity contribution in [2.45, 2.75) is 38.0 Å². The molecule has 0 amide bonds. The van der Waals surface area contributed by atoms with E-state index in [0.717, 1.165) is 57.1 Å². The average molecular weight is 719 g/mol. The number of aryl methyl sites for hydroxylation is 1. The average Bonchev–Trinajstić information content (AvgIpc) is 3.69. The number of para-hydroxylation sites is 2. The molecule has 1 unspecified atom stereocenters. The van der Waals surface area contributed by atoms with Crippen LogP contribution >= 0.6 is 0 Å². The highest BCUT2D eigenvalue weighted by Gasteiger charge is 2.52. The van der Waals surface area contributed by atoms with Gasteiger partial charge in [0.15, 0.2) is 0 Å². The van der Waals surface area contributed by atoms with Crippen LogP contribution in [0.15, 0.2) is 170 Å². The number of aromatic nitrogens is 1. The first-order valence-corrected chi connectivity index (χ1v) is 19.8. The van der Waals surface area contributed by atoms with E-state index >= 15 is 0 Å². The van der Waals surface area contributed by atoms with Crippen molar-refractivity contribution in [1.29, 1.82) is 0 Å². The number of allylic oxidation sites excluding steroid dienone is 5. The lowest BCUT2D eigenvalue weighted by Gasteiger charge is -2.34. The van der Waals surface area contributed by atoms with Crippen LogP contribution in [-0.4, -0.2) is 4.57 Å². The molecule has 0 saturated heterocycles. The molecule has 1 spiro atoms. The normalized spacial score (nSPS) is 16.3. The second-order valence-electron chi connectivity index (χ2n) is 15.0. The summed E-state index contributed by atoms with van der Waals surface area (Å²) in [6.07, 6.45) is 12.4. The van der Waals surface area contributed by atoms with Gasteiger partial charge in [-0.25, -0.2) is 0 Å². The SMILES string of the molecule is C=C/C=c1\c(=C)c2ccccc2n1-c1ccc(N(c2ccccc2)c2ccc3c(c2)C2(C4=C(C=CC#CC4)c4ccc(CCCC)cc42)c2ccccc2-3)cc1. The highest BCUT2D eigenvalue weighted by molar-refractivity contribution is 5.98. The van der Waals surface area contributed by atoms with Gasteiger partial charge in [-0.2, -0.15) is 0 Å². The minimum Gasteiger partial charge on any atom is -0.310 e. The molecule has 0 saturated carbocycles. The monoisotopic (exact) mass is 718 g/mol. The van der Waals surface area contributed by atoms with Gasteiger partial charge in [0.1, 0.15) is 0 Å².